The van der Waals surface area contributed by atoms with Gasteiger partial charge in [-0.3, -0.25) is 19.3 Å². The number of ether oxygens (including phenoxy) is 3. The molecule has 1 aromatic rings. The summed E-state index contributed by atoms with van der Waals surface area (Å²) in [6.45, 7) is 3.79. The number of rotatable bonds is 7. The van der Waals surface area contributed by atoms with E-state index in [2.05, 4.69) is 22.6 Å². The molecule has 2 amide bonds. The van der Waals surface area contributed by atoms with Crippen LogP contribution in [0, 0.1) is 3.57 Å². The summed E-state index contributed by atoms with van der Waals surface area (Å²) in [6.07, 6.45) is 1.60. The minimum Gasteiger partial charge on any atom is -0.492 e. The molecule has 0 unspecified atom stereocenters. The monoisotopic (exact) mass is 491 g/mol. The third kappa shape index (κ3) is 4.70. The highest BCUT2D eigenvalue weighted by atomic mass is 127. The summed E-state index contributed by atoms with van der Waals surface area (Å²) in [6, 6.07) is 3.56. The molecular formula is C17H18INO6S. The number of thioether (sulfide) groups is 1. The van der Waals surface area contributed by atoms with E-state index >= 15 is 0 Å². The van der Waals surface area contributed by atoms with E-state index in [1.165, 1.54) is 0 Å². The van der Waals surface area contributed by atoms with Gasteiger partial charge >= 0.3 is 5.97 Å². The number of hydrogen-bond donors (Lipinski definition) is 0. The molecule has 26 heavy (non-hydrogen) atoms. The minimum atomic E-state index is -0.617. The first-order valence-corrected chi connectivity index (χ1v) is 9.72. The molecule has 0 spiro atoms. The van der Waals surface area contributed by atoms with Crippen molar-refractivity contribution < 1.29 is 28.6 Å². The van der Waals surface area contributed by atoms with Gasteiger partial charge in [0.15, 0.2) is 11.5 Å². The normalized spacial score (nSPS) is 15.5. The molecular weight excluding hydrogens is 473 g/mol. The van der Waals surface area contributed by atoms with Gasteiger partial charge in [-0.2, -0.15) is 0 Å². The molecule has 9 heteroatoms. The first kappa shape index (κ1) is 20.6. The molecule has 1 aromatic carbocycles. The van der Waals surface area contributed by atoms with E-state index in [1.807, 2.05) is 13.0 Å². The maximum absolute atomic E-state index is 12.4. The number of esters is 1. The highest BCUT2D eigenvalue weighted by Gasteiger charge is 2.36. The fourth-order valence-electron chi connectivity index (χ4n) is 2.26. The van der Waals surface area contributed by atoms with Crippen LogP contribution in [-0.2, 0) is 14.3 Å². The molecule has 0 atom stereocenters. The molecule has 1 saturated heterocycles. The fraction of sp³-hybridized carbons (Fsp3) is 0.353. The van der Waals surface area contributed by atoms with Crippen molar-refractivity contribution in [1.82, 2.24) is 4.90 Å². The third-order valence-corrected chi connectivity index (χ3v) is 5.01. The van der Waals surface area contributed by atoms with Gasteiger partial charge < -0.3 is 14.2 Å². The molecule has 0 aromatic heterocycles. The summed E-state index contributed by atoms with van der Waals surface area (Å²) in [7, 11) is 1.56. The van der Waals surface area contributed by atoms with Crippen LogP contribution in [-0.4, -0.2) is 48.9 Å². The highest BCUT2D eigenvalue weighted by molar-refractivity contribution is 14.1. The highest BCUT2D eigenvalue weighted by Crippen LogP contribution is 2.37. The van der Waals surface area contributed by atoms with Gasteiger partial charge in [0.25, 0.3) is 11.1 Å². The van der Waals surface area contributed by atoms with E-state index in [4.69, 9.17) is 14.2 Å². The molecule has 1 heterocycles. The van der Waals surface area contributed by atoms with Gasteiger partial charge in [-0.05, 0) is 72.0 Å². The van der Waals surface area contributed by atoms with Crippen molar-refractivity contribution in [1.29, 1.82) is 0 Å². The molecule has 0 aliphatic carbocycles. The van der Waals surface area contributed by atoms with Gasteiger partial charge in [0.1, 0.15) is 6.54 Å². The number of hydrogen-bond acceptors (Lipinski definition) is 7. The Hall–Kier alpha value is -1.75. The molecule has 0 saturated carbocycles. The number of methoxy groups -OCH3 is 1. The summed E-state index contributed by atoms with van der Waals surface area (Å²) in [5, 5.41) is -0.498. The summed E-state index contributed by atoms with van der Waals surface area (Å²) in [4.78, 5) is 37.1. The number of nitrogens with zero attached hydrogens (tertiary/aromatic N) is 1. The van der Waals surface area contributed by atoms with E-state index in [0.29, 0.717) is 23.7 Å². The number of benzene rings is 1. The second-order valence-electron chi connectivity index (χ2n) is 5.04. The SMILES string of the molecule is CCOC(=O)CN1C(=O)S/C(=C\c2cc(I)c(OC)c(OCC)c2)C1=O. The Morgan fingerprint density at radius 2 is 2.00 bits per heavy atom. The van der Waals surface area contributed by atoms with Crippen molar-refractivity contribution in [2.45, 2.75) is 13.8 Å². The molecule has 7 nitrogen and oxygen atoms in total. The molecule has 0 bridgehead atoms. The van der Waals surface area contributed by atoms with E-state index in [9.17, 15) is 14.4 Å². The number of imide groups is 1. The second-order valence-corrected chi connectivity index (χ2v) is 7.20. The second kappa shape index (κ2) is 9.26. The van der Waals surface area contributed by atoms with E-state index in [0.717, 1.165) is 20.2 Å². The fourth-order valence-corrected chi connectivity index (χ4v) is 3.94. The summed E-state index contributed by atoms with van der Waals surface area (Å²) in [5.41, 5.74) is 0.695. The van der Waals surface area contributed by atoms with Crippen LogP contribution in [0.2, 0.25) is 0 Å². The zero-order valence-electron chi connectivity index (χ0n) is 14.5. The zero-order valence-corrected chi connectivity index (χ0v) is 17.5. The number of halogens is 1. The van der Waals surface area contributed by atoms with Gasteiger partial charge in [0.05, 0.1) is 28.8 Å². The Bertz CT molecular complexity index is 764. The van der Waals surface area contributed by atoms with Crippen LogP contribution in [0.25, 0.3) is 6.08 Å². The van der Waals surface area contributed by atoms with Gasteiger partial charge in [0, 0.05) is 0 Å². The van der Waals surface area contributed by atoms with Crippen molar-refractivity contribution in [2.75, 3.05) is 26.9 Å². The lowest BCUT2D eigenvalue weighted by Crippen LogP contribution is -2.34. The molecule has 1 aliphatic rings. The summed E-state index contributed by atoms with van der Waals surface area (Å²) in [5.74, 6) is 0.0319. The summed E-state index contributed by atoms with van der Waals surface area (Å²) < 4.78 is 16.5. The van der Waals surface area contributed by atoms with Crippen LogP contribution in [0.1, 0.15) is 19.4 Å². The number of carbonyl (C=O) groups is 3. The van der Waals surface area contributed by atoms with Crippen LogP contribution < -0.4 is 9.47 Å². The maximum Gasteiger partial charge on any atom is 0.326 e. The van der Waals surface area contributed by atoms with Gasteiger partial charge in [-0.1, -0.05) is 0 Å². The Balaban J connectivity index is 2.28. The Kier molecular flexibility index (Phi) is 7.33. The lowest BCUT2D eigenvalue weighted by atomic mass is 10.2. The van der Waals surface area contributed by atoms with E-state index in [-0.39, 0.29) is 18.1 Å². The number of amides is 2. The van der Waals surface area contributed by atoms with Crippen molar-refractivity contribution in [3.8, 4) is 11.5 Å². The van der Waals surface area contributed by atoms with Crippen LogP contribution in [0.3, 0.4) is 0 Å². The lowest BCUT2D eigenvalue weighted by Gasteiger charge is -2.12. The van der Waals surface area contributed by atoms with Crippen molar-refractivity contribution in [3.63, 3.8) is 0 Å². The predicted octanol–water partition coefficient (Wildman–Crippen LogP) is 3.30. The maximum atomic E-state index is 12.4. The van der Waals surface area contributed by atoms with E-state index in [1.54, 1.807) is 26.2 Å². The third-order valence-electron chi connectivity index (χ3n) is 3.30. The van der Waals surface area contributed by atoms with Gasteiger partial charge in [0.2, 0.25) is 0 Å². The van der Waals surface area contributed by atoms with Crippen molar-refractivity contribution in [2.24, 2.45) is 0 Å². The average molecular weight is 491 g/mol. The van der Waals surface area contributed by atoms with Gasteiger partial charge in [-0.25, -0.2) is 0 Å². The molecule has 2 rings (SSSR count). The topological polar surface area (TPSA) is 82.1 Å². The first-order valence-electron chi connectivity index (χ1n) is 7.82. The van der Waals surface area contributed by atoms with E-state index < -0.39 is 17.1 Å². The smallest absolute Gasteiger partial charge is 0.326 e. The van der Waals surface area contributed by atoms with Gasteiger partial charge in [-0.15, -0.1) is 0 Å². The molecule has 1 fully saturated rings. The first-order chi connectivity index (χ1) is 12.4. The van der Waals surface area contributed by atoms with Crippen molar-refractivity contribution >= 4 is 57.5 Å². The van der Waals surface area contributed by atoms with Crippen LogP contribution in [0.4, 0.5) is 4.79 Å². The Morgan fingerprint density at radius 3 is 2.62 bits per heavy atom. The average Bonchev–Trinajstić information content (AvgIpc) is 2.83. The molecule has 0 radical (unpaired) electrons. The van der Waals surface area contributed by atoms with Crippen molar-refractivity contribution in [3.05, 3.63) is 26.2 Å². The Morgan fingerprint density at radius 1 is 1.27 bits per heavy atom. The quantitative estimate of drug-likeness (QED) is 0.329. The number of carbonyl (C=O) groups excluding carboxylic acids is 3. The van der Waals surface area contributed by atoms with Crippen LogP contribution in [0.5, 0.6) is 11.5 Å². The minimum absolute atomic E-state index is 0.190. The molecule has 0 N–H and O–H groups in total. The van der Waals surface area contributed by atoms with Crippen LogP contribution in [0.15, 0.2) is 17.0 Å². The molecule has 140 valence electrons. The standard InChI is InChI=1S/C17H18INO6S/c1-4-24-12-7-10(6-11(18)15(12)23-3)8-13-16(21)19(17(22)26-13)9-14(20)25-5-2/h6-8H,4-5,9H2,1-3H3/b13-8-. The lowest BCUT2D eigenvalue weighted by molar-refractivity contribution is -0.145. The molecule has 1 aliphatic heterocycles. The Labute approximate surface area is 169 Å². The predicted molar refractivity (Wildman–Crippen MR) is 106 cm³/mol. The summed E-state index contributed by atoms with van der Waals surface area (Å²) >= 11 is 2.90. The zero-order chi connectivity index (χ0) is 19.3. The van der Waals surface area contributed by atoms with Crippen LogP contribution >= 0.6 is 34.4 Å². The largest absolute Gasteiger partial charge is 0.492 e.